The minimum absolute atomic E-state index is 0.0543. The molecule has 0 unspecified atom stereocenters. The highest BCUT2D eigenvalue weighted by atomic mass is 32.2. The van der Waals surface area contributed by atoms with Crippen LogP contribution in [0.15, 0.2) is 29.2 Å². The average molecular weight is 253 g/mol. The number of benzene rings is 1. The highest BCUT2D eigenvalue weighted by Crippen LogP contribution is 2.15. The van der Waals surface area contributed by atoms with Gasteiger partial charge in [-0.05, 0) is 30.5 Å². The molecular weight excluding hydrogens is 234 g/mol. The van der Waals surface area contributed by atoms with Gasteiger partial charge in [-0.2, -0.15) is 0 Å². The minimum Gasteiger partial charge on any atom is -0.396 e. The molecule has 1 aromatic carbocycles. The molecule has 0 atom stereocenters. The van der Waals surface area contributed by atoms with E-state index in [4.69, 9.17) is 5.11 Å². The molecule has 0 aromatic heterocycles. The lowest BCUT2D eigenvalue weighted by Gasteiger charge is -2.21. The second kappa shape index (κ2) is 6.07. The van der Waals surface area contributed by atoms with Gasteiger partial charge >= 0.3 is 0 Å². The van der Waals surface area contributed by atoms with E-state index < -0.39 is 0 Å². The number of carbonyl (C=O) groups is 1. The van der Waals surface area contributed by atoms with Crippen LogP contribution in [0.1, 0.15) is 24.2 Å². The number of carbonyl (C=O) groups excluding carboxylic acids is 1. The summed E-state index contributed by atoms with van der Waals surface area (Å²) in [7, 11) is 0. The Morgan fingerprint density at radius 2 is 1.94 bits per heavy atom. The topological polar surface area (TPSA) is 49.3 Å². The van der Waals surface area contributed by atoms with Crippen molar-refractivity contribution in [1.29, 1.82) is 0 Å². The normalized spacial score (nSPS) is 11.3. The smallest absolute Gasteiger partial charge is 0.251 e. The van der Waals surface area contributed by atoms with Crippen molar-refractivity contribution in [3.05, 3.63) is 29.8 Å². The number of thioether (sulfide) groups is 1. The highest BCUT2D eigenvalue weighted by Gasteiger charge is 2.17. The summed E-state index contributed by atoms with van der Waals surface area (Å²) in [6.45, 7) is 4.33. The second-order valence-electron chi connectivity index (χ2n) is 4.73. The molecular formula is C13H19NO2S. The molecule has 0 saturated carbocycles. The molecule has 0 fully saturated rings. The number of nitrogens with one attached hydrogen (secondary N) is 1. The number of aliphatic hydroxyl groups is 1. The van der Waals surface area contributed by atoms with Crippen molar-refractivity contribution in [3.63, 3.8) is 0 Å². The van der Waals surface area contributed by atoms with Gasteiger partial charge in [0.05, 0.1) is 0 Å². The summed E-state index contributed by atoms with van der Waals surface area (Å²) >= 11 is 1.65. The molecule has 4 heteroatoms. The van der Waals surface area contributed by atoms with Gasteiger partial charge in [-0.25, -0.2) is 0 Å². The number of hydrogen-bond donors (Lipinski definition) is 2. The first kappa shape index (κ1) is 14.1. The molecule has 17 heavy (non-hydrogen) atoms. The quantitative estimate of drug-likeness (QED) is 0.791. The van der Waals surface area contributed by atoms with Crippen molar-refractivity contribution in [2.75, 3.05) is 19.4 Å². The van der Waals surface area contributed by atoms with Gasteiger partial charge in [0.1, 0.15) is 0 Å². The summed E-state index contributed by atoms with van der Waals surface area (Å²) in [5.74, 6) is -0.0980. The Bertz CT molecular complexity index is 374. The lowest BCUT2D eigenvalue weighted by molar-refractivity contribution is 0.0911. The molecule has 0 aliphatic carbocycles. The Balaban J connectivity index is 2.58. The summed E-state index contributed by atoms with van der Waals surface area (Å²) < 4.78 is 0. The van der Waals surface area contributed by atoms with E-state index in [-0.39, 0.29) is 17.9 Å². The predicted octanol–water partition coefficient (Wildman–Crippen LogP) is 2.16. The molecule has 1 aromatic rings. The van der Waals surface area contributed by atoms with Gasteiger partial charge in [0, 0.05) is 29.0 Å². The van der Waals surface area contributed by atoms with Gasteiger partial charge in [-0.1, -0.05) is 13.8 Å². The van der Waals surface area contributed by atoms with E-state index in [9.17, 15) is 4.79 Å². The Morgan fingerprint density at radius 1 is 1.35 bits per heavy atom. The molecule has 0 heterocycles. The standard InChI is InChI=1S/C13H19NO2S/c1-13(2,9-15)8-14-12(16)10-4-6-11(17-3)7-5-10/h4-7,15H,8-9H2,1-3H3,(H,14,16). The average Bonchev–Trinajstić information content (AvgIpc) is 2.36. The fourth-order valence-electron chi connectivity index (χ4n) is 1.22. The van der Waals surface area contributed by atoms with Crippen LogP contribution in [0.4, 0.5) is 0 Å². The van der Waals surface area contributed by atoms with Gasteiger partial charge in [0.2, 0.25) is 0 Å². The second-order valence-corrected chi connectivity index (χ2v) is 5.61. The lowest BCUT2D eigenvalue weighted by atomic mass is 9.95. The maximum absolute atomic E-state index is 11.8. The van der Waals surface area contributed by atoms with Crippen molar-refractivity contribution in [1.82, 2.24) is 5.32 Å². The minimum atomic E-state index is -0.283. The van der Waals surface area contributed by atoms with E-state index >= 15 is 0 Å². The Labute approximate surface area is 107 Å². The Hall–Kier alpha value is -1.00. The fourth-order valence-corrected chi connectivity index (χ4v) is 1.63. The molecule has 0 spiro atoms. The van der Waals surface area contributed by atoms with Crippen molar-refractivity contribution >= 4 is 17.7 Å². The molecule has 0 bridgehead atoms. The van der Waals surface area contributed by atoms with Crippen molar-refractivity contribution in [3.8, 4) is 0 Å². The number of rotatable bonds is 5. The summed E-state index contributed by atoms with van der Waals surface area (Å²) in [5.41, 5.74) is 0.367. The van der Waals surface area contributed by atoms with Gasteiger partial charge in [-0.15, -0.1) is 11.8 Å². The summed E-state index contributed by atoms with van der Waals surface area (Å²) in [6, 6.07) is 7.48. The third kappa shape index (κ3) is 4.40. The summed E-state index contributed by atoms with van der Waals surface area (Å²) in [4.78, 5) is 12.9. The zero-order valence-electron chi connectivity index (χ0n) is 10.5. The first-order valence-electron chi connectivity index (χ1n) is 5.51. The maximum Gasteiger partial charge on any atom is 0.251 e. The van der Waals surface area contributed by atoms with Gasteiger partial charge in [0.15, 0.2) is 0 Å². The first-order valence-corrected chi connectivity index (χ1v) is 6.74. The molecule has 3 nitrogen and oxygen atoms in total. The van der Waals surface area contributed by atoms with Crippen LogP contribution in [-0.4, -0.2) is 30.4 Å². The van der Waals surface area contributed by atoms with Crippen LogP contribution in [0.5, 0.6) is 0 Å². The lowest BCUT2D eigenvalue weighted by Crippen LogP contribution is -2.36. The van der Waals surface area contributed by atoms with Gasteiger partial charge < -0.3 is 10.4 Å². The van der Waals surface area contributed by atoms with E-state index in [1.165, 1.54) is 0 Å². The highest BCUT2D eigenvalue weighted by molar-refractivity contribution is 7.98. The van der Waals surface area contributed by atoms with Gasteiger partial charge in [0.25, 0.3) is 5.91 Å². The largest absolute Gasteiger partial charge is 0.396 e. The van der Waals surface area contributed by atoms with Crippen molar-refractivity contribution in [2.24, 2.45) is 5.41 Å². The van der Waals surface area contributed by atoms with E-state index in [1.807, 2.05) is 44.4 Å². The van der Waals surface area contributed by atoms with Crippen LogP contribution < -0.4 is 5.32 Å². The summed E-state index contributed by atoms with van der Waals surface area (Å²) in [5, 5.41) is 11.9. The summed E-state index contributed by atoms with van der Waals surface area (Å²) in [6.07, 6.45) is 2.00. The molecule has 0 aliphatic rings. The maximum atomic E-state index is 11.8. The Kier molecular flexibility index (Phi) is 5.02. The zero-order chi connectivity index (χ0) is 12.9. The zero-order valence-corrected chi connectivity index (χ0v) is 11.3. The van der Waals surface area contributed by atoms with Crippen molar-refractivity contribution < 1.29 is 9.90 Å². The third-order valence-electron chi connectivity index (χ3n) is 2.51. The molecule has 0 saturated heterocycles. The molecule has 2 N–H and O–H groups in total. The third-order valence-corrected chi connectivity index (χ3v) is 3.25. The van der Waals surface area contributed by atoms with E-state index in [2.05, 4.69) is 5.32 Å². The fraction of sp³-hybridized carbons (Fsp3) is 0.462. The molecule has 1 amide bonds. The van der Waals surface area contributed by atoms with E-state index in [0.29, 0.717) is 12.1 Å². The van der Waals surface area contributed by atoms with Crippen LogP contribution in [0.2, 0.25) is 0 Å². The monoisotopic (exact) mass is 253 g/mol. The molecule has 94 valence electrons. The van der Waals surface area contributed by atoms with Crippen molar-refractivity contribution in [2.45, 2.75) is 18.7 Å². The SMILES string of the molecule is CSc1ccc(C(=O)NCC(C)(C)CO)cc1. The van der Waals surface area contributed by atoms with E-state index in [0.717, 1.165) is 4.90 Å². The van der Waals surface area contributed by atoms with Gasteiger partial charge in [-0.3, -0.25) is 4.79 Å². The molecule has 1 rings (SSSR count). The first-order chi connectivity index (χ1) is 7.98. The molecule has 0 radical (unpaired) electrons. The van der Waals surface area contributed by atoms with Crippen LogP contribution in [-0.2, 0) is 0 Å². The predicted molar refractivity (Wildman–Crippen MR) is 71.4 cm³/mol. The van der Waals surface area contributed by atoms with Crippen LogP contribution >= 0.6 is 11.8 Å². The number of hydrogen-bond acceptors (Lipinski definition) is 3. The number of aliphatic hydroxyl groups excluding tert-OH is 1. The van der Waals surface area contributed by atoms with Crippen LogP contribution in [0, 0.1) is 5.41 Å². The molecule has 0 aliphatic heterocycles. The van der Waals surface area contributed by atoms with Crippen LogP contribution in [0.3, 0.4) is 0 Å². The Morgan fingerprint density at radius 3 is 2.41 bits per heavy atom. The van der Waals surface area contributed by atoms with Crippen LogP contribution in [0.25, 0.3) is 0 Å². The van der Waals surface area contributed by atoms with E-state index in [1.54, 1.807) is 11.8 Å². The number of amides is 1.